The number of hydrogen-bond acceptors (Lipinski definition) is 14. The molecule has 5 aliphatic rings. The van der Waals surface area contributed by atoms with E-state index < -0.39 is 36.8 Å². The summed E-state index contributed by atoms with van der Waals surface area (Å²) in [5.74, 6) is -0.243. The van der Waals surface area contributed by atoms with E-state index in [1.165, 1.54) is 11.8 Å². The van der Waals surface area contributed by atoms with Crippen molar-refractivity contribution in [1.82, 2.24) is 34.9 Å². The Labute approximate surface area is 380 Å². The summed E-state index contributed by atoms with van der Waals surface area (Å²) in [6.07, 6.45) is 7.85. The number of benzene rings is 3. The number of piperidine rings is 1. The molecule has 4 aliphatic heterocycles. The Morgan fingerprint density at radius 3 is 2.31 bits per heavy atom. The Balaban J connectivity index is 0.826. The first-order chi connectivity index (χ1) is 31.2. The number of imide groups is 2. The molecule has 1 unspecified atom stereocenters. The second-order valence-corrected chi connectivity index (χ2v) is 21.4. The van der Waals surface area contributed by atoms with Crippen LogP contribution in [0.2, 0.25) is 5.02 Å². The number of aromatic nitrogens is 4. The molecule has 5 aromatic rings. The number of anilines is 6. The van der Waals surface area contributed by atoms with Crippen molar-refractivity contribution in [3.8, 4) is 16.9 Å². The Kier molecular flexibility index (Phi) is 10.9. The lowest BCUT2D eigenvalue weighted by Gasteiger charge is -2.49. The Bertz CT molecular complexity index is 2830. The van der Waals surface area contributed by atoms with Crippen LogP contribution in [0.5, 0.6) is 5.75 Å². The molecule has 6 heterocycles. The average Bonchev–Trinajstić information content (AvgIpc) is 3.98. The Hall–Kier alpha value is -6.29. The van der Waals surface area contributed by atoms with Gasteiger partial charge in [0.05, 0.1) is 42.0 Å². The summed E-state index contributed by atoms with van der Waals surface area (Å²) in [7, 11) is 0.882. The van der Waals surface area contributed by atoms with Gasteiger partial charge in [-0.3, -0.25) is 39.0 Å². The topological polar surface area (TPSA) is 187 Å². The van der Waals surface area contributed by atoms with E-state index in [0.717, 1.165) is 84.8 Å². The molecule has 1 saturated carbocycles. The molecule has 3 saturated heterocycles. The normalized spacial score (nSPS) is 19.3. The molecule has 2 aromatic heterocycles. The number of rotatable bonds is 12. The first-order valence-electron chi connectivity index (χ1n) is 21.8. The summed E-state index contributed by atoms with van der Waals surface area (Å²) in [6.45, 7) is 8.28. The molecule has 3 N–H and O–H groups in total. The van der Waals surface area contributed by atoms with Crippen molar-refractivity contribution in [2.75, 3.05) is 80.1 Å². The van der Waals surface area contributed by atoms with E-state index in [0.29, 0.717) is 45.9 Å². The molecular weight excluding hydrogens is 869 g/mol. The molecule has 65 heavy (non-hydrogen) atoms. The van der Waals surface area contributed by atoms with Crippen molar-refractivity contribution >= 4 is 82.2 Å². The van der Waals surface area contributed by atoms with Gasteiger partial charge in [-0.05, 0) is 80.5 Å². The highest BCUT2D eigenvalue weighted by molar-refractivity contribution is 7.70. The van der Waals surface area contributed by atoms with E-state index >= 15 is 0 Å². The summed E-state index contributed by atoms with van der Waals surface area (Å²) < 4.78 is 21.2. The van der Waals surface area contributed by atoms with E-state index in [1.807, 2.05) is 43.7 Å². The predicted octanol–water partition coefficient (Wildman–Crippen LogP) is 5.56. The van der Waals surface area contributed by atoms with Crippen molar-refractivity contribution in [2.24, 2.45) is 7.05 Å². The number of aryl methyl sites for hydroxylation is 1. The second-order valence-electron chi connectivity index (χ2n) is 17.8. The number of carbonyl (C=O) groups excluding carboxylic acids is 4. The number of amides is 4. The van der Waals surface area contributed by atoms with Crippen LogP contribution < -0.4 is 35.8 Å². The third-order valence-corrected chi connectivity index (χ3v) is 14.9. The van der Waals surface area contributed by atoms with Gasteiger partial charge in [0.15, 0.2) is 5.82 Å². The molecule has 19 heteroatoms. The predicted molar refractivity (Wildman–Crippen MR) is 249 cm³/mol. The molecule has 0 bridgehead atoms. The van der Waals surface area contributed by atoms with Gasteiger partial charge < -0.3 is 29.7 Å². The Morgan fingerprint density at radius 2 is 1.62 bits per heavy atom. The standard InChI is InChI=1S/C46H49ClN11O6P/c1-54-23-28(21-49-54)32-19-36(51-46-48-22-34(47)42(53-46)50-35-10-7-27(26-5-6-26)17-40(35)65(3,4)63)39(64-2)20-38(32)56-15-13-55(14-16-56)30-24-57(25-30)29-8-9-31-33(18-29)45(62)58(44(31)61)37-11-12-41(59)52-43(37)60/h7-10,17-23,26,30,37H,5-6,11-16,24-25H2,1-4H3,(H,52,59,60)(H2,48,50,51,53). The van der Waals surface area contributed by atoms with Crippen LogP contribution in [0.25, 0.3) is 11.1 Å². The first-order valence-corrected chi connectivity index (χ1v) is 24.8. The summed E-state index contributed by atoms with van der Waals surface area (Å²) in [5.41, 5.74) is 6.85. The van der Waals surface area contributed by atoms with Crippen molar-refractivity contribution in [3.05, 3.63) is 88.8 Å². The molecule has 4 fully saturated rings. The highest BCUT2D eigenvalue weighted by Crippen LogP contribution is 2.45. The van der Waals surface area contributed by atoms with Crippen LogP contribution in [-0.2, 0) is 21.2 Å². The molecule has 1 aliphatic carbocycles. The summed E-state index contributed by atoms with van der Waals surface area (Å²) in [4.78, 5) is 68.2. The number of ether oxygens (including phenoxy) is 1. The van der Waals surface area contributed by atoms with Crippen molar-refractivity contribution in [2.45, 2.75) is 43.7 Å². The van der Waals surface area contributed by atoms with Crippen LogP contribution in [0.3, 0.4) is 0 Å². The van der Waals surface area contributed by atoms with Gasteiger partial charge in [-0.2, -0.15) is 10.1 Å². The lowest BCUT2D eigenvalue weighted by Crippen LogP contribution is -2.63. The van der Waals surface area contributed by atoms with Crippen LogP contribution in [0, 0.1) is 0 Å². The second kappa shape index (κ2) is 16.6. The van der Waals surface area contributed by atoms with Gasteiger partial charge in [0.25, 0.3) is 11.8 Å². The van der Waals surface area contributed by atoms with E-state index in [-0.39, 0.29) is 24.0 Å². The third-order valence-electron chi connectivity index (χ3n) is 13.1. The maximum atomic E-state index is 13.4. The van der Waals surface area contributed by atoms with E-state index in [2.05, 4.69) is 52.9 Å². The zero-order chi connectivity index (χ0) is 45.3. The lowest BCUT2D eigenvalue weighted by atomic mass is 10.0. The molecule has 1 atom stereocenters. The Morgan fingerprint density at radius 1 is 0.846 bits per heavy atom. The molecule has 0 spiro atoms. The minimum absolute atomic E-state index is 0.0753. The minimum Gasteiger partial charge on any atom is -0.494 e. The maximum absolute atomic E-state index is 13.4. The number of halogens is 1. The van der Waals surface area contributed by atoms with Gasteiger partial charge in [-0.25, -0.2) is 4.98 Å². The van der Waals surface area contributed by atoms with Gasteiger partial charge in [-0.1, -0.05) is 17.7 Å². The van der Waals surface area contributed by atoms with Gasteiger partial charge in [-0.15, -0.1) is 0 Å². The monoisotopic (exact) mass is 917 g/mol. The average molecular weight is 918 g/mol. The fourth-order valence-corrected chi connectivity index (χ4v) is 10.6. The highest BCUT2D eigenvalue weighted by Gasteiger charge is 2.45. The molecule has 10 rings (SSSR count). The van der Waals surface area contributed by atoms with Gasteiger partial charge in [0.2, 0.25) is 17.8 Å². The van der Waals surface area contributed by atoms with Crippen molar-refractivity contribution in [3.63, 3.8) is 0 Å². The van der Waals surface area contributed by atoms with Crippen molar-refractivity contribution < 1.29 is 28.5 Å². The maximum Gasteiger partial charge on any atom is 0.262 e. The van der Waals surface area contributed by atoms with E-state index in [4.69, 9.17) is 21.3 Å². The largest absolute Gasteiger partial charge is 0.494 e. The molecule has 3 aromatic carbocycles. The van der Waals surface area contributed by atoms with E-state index in [9.17, 15) is 23.7 Å². The number of piperazine rings is 1. The van der Waals surface area contributed by atoms with Gasteiger partial charge in [0, 0.05) is 98.8 Å². The number of fused-ring (bicyclic) bond motifs is 1. The quantitative estimate of drug-likeness (QED) is 0.104. The van der Waals surface area contributed by atoms with E-state index in [1.54, 1.807) is 37.3 Å². The smallest absolute Gasteiger partial charge is 0.262 e. The molecule has 17 nitrogen and oxygen atoms in total. The van der Waals surface area contributed by atoms with Crippen LogP contribution in [0.15, 0.2) is 67.1 Å². The number of hydrogen-bond donors (Lipinski definition) is 3. The van der Waals surface area contributed by atoms with Crippen LogP contribution >= 0.6 is 18.7 Å². The lowest BCUT2D eigenvalue weighted by molar-refractivity contribution is -0.136. The minimum atomic E-state index is -2.64. The zero-order valence-corrected chi connectivity index (χ0v) is 38.2. The third kappa shape index (κ3) is 8.21. The molecule has 336 valence electrons. The summed E-state index contributed by atoms with van der Waals surface area (Å²) in [5, 5.41) is 14.5. The van der Waals surface area contributed by atoms with Crippen LogP contribution in [0.1, 0.15) is 57.9 Å². The first kappa shape index (κ1) is 42.6. The van der Waals surface area contributed by atoms with Crippen LogP contribution in [0.4, 0.5) is 34.5 Å². The fourth-order valence-electron chi connectivity index (χ4n) is 9.30. The summed E-state index contributed by atoms with van der Waals surface area (Å²) >= 11 is 6.65. The van der Waals surface area contributed by atoms with Crippen molar-refractivity contribution in [1.29, 1.82) is 0 Å². The number of carbonyl (C=O) groups is 4. The molecular formula is C46H49ClN11O6P. The number of methoxy groups -OCH3 is 1. The highest BCUT2D eigenvalue weighted by atomic mass is 35.5. The van der Waals surface area contributed by atoms with Gasteiger partial charge >= 0.3 is 0 Å². The fraction of sp³-hybridized carbons (Fsp3) is 0.370. The number of nitrogens with one attached hydrogen (secondary N) is 3. The number of nitrogens with zero attached hydrogens (tertiary/aromatic N) is 8. The van der Waals surface area contributed by atoms with Gasteiger partial charge in [0.1, 0.15) is 24.0 Å². The SMILES string of the molecule is COc1cc(N2CCN(C3CN(c4ccc5c(c4)C(=O)N(C4CCC(=O)NC4=O)C5=O)C3)CC2)c(-c2cnn(C)c2)cc1Nc1ncc(Cl)c(Nc2ccc(C3CC3)cc2P(C)(C)=O)n1. The zero-order valence-electron chi connectivity index (χ0n) is 36.5. The molecule has 4 amide bonds. The molecule has 0 radical (unpaired) electrons. The summed E-state index contributed by atoms with van der Waals surface area (Å²) in [6, 6.07) is 14.7. The van der Waals surface area contributed by atoms with Crippen LogP contribution in [-0.4, -0.2) is 125 Å².